The van der Waals surface area contributed by atoms with Crippen LogP contribution in [0.15, 0.2) is 58.5 Å². The minimum Gasteiger partial charge on any atom is -0.376 e. The number of thioether (sulfide) groups is 1. The number of aromatic nitrogens is 2. The lowest BCUT2D eigenvalue weighted by Gasteiger charge is -2.16. The molecule has 2 aromatic carbocycles. The molecule has 1 atom stereocenters. The molecule has 8 nitrogen and oxygen atoms in total. The van der Waals surface area contributed by atoms with E-state index in [1.807, 2.05) is 0 Å². The van der Waals surface area contributed by atoms with Crippen molar-refractivity contribution in [2.24, 2.45) is 0 Å². The second-order valence-electron chi connectivity index (χ2n) is 7.26. The fraction of sp³-hybridized carbons (Fsp3) is 0.273. The Morgan fingerprint density at radius 2 is 1.94 bits per heavy atom. The van der Waals surface area contributed by atoms with Crippen LogP contribution in [0, 0.1) is 5.82 Å². The van der Waals surface area contributed by atoms with Crippen molar-refractivity contribution in [1.82, 2.24) is 20.4 Å². The standard InChI is InChI=1S/C22H21FN4O4S/c23-15-9-7-14(8-10-15)20(29)26-25-19(28)13-32-22-24-18-6-2-1-5-17(18)21(30)27(22)12-16-4-3-11-31-16/h1-2,5-10,16H,3-4,11-13H2,(H,25,28)(H,26,29). The van der Waals surface area contributed by atoms with E-state index in [-0.39, 0.29) is 23.0 Å². The molecule has 0 bridgehead atoms. The summed E-state index contributed by atoms with van der Waals surface area (Å²) < 4.78 is 20.2. The first kappa shape index (κ1) is 22.0. The van der Waals surface area contributed by atoms with Crippen LogP contribution in [0.2, 0.25) is 0 Å². The molecule has 2 amide bonds. The average Bonchev–Trinajstić information content (AvgIpc) is 3.32. The van der Waals surface area contributed by atoms with Crippen LogP contribution < -0.4 is 16.4 Å². The third-order valence-corrected chi connectivity index (χ3v) is 5.97. The van der Waals surface area contributed by atoms with Crippen molar-refractivity contribution in [2.45, 2.75) is 30.6 Å². The van der Waals surface area contributed by atoms with Gasteiger partial charge in [0.25, 0.3) is 11.5 Å². The van der Waals surface area contributed by atoms with Gasteiger partial charge in [-0.05, 0) is 49.2 Å². The van der Waals surface area contributed by atoms with Crippen LogP contribution in [0.5, 0.6) is 0 Å². The lowest BCUT2D eigenvalue weighted by molar-refractivity contribution is -0.119. The van der Waals surface area contributed by atoms with Gasteiger partial charge in [-0.25, -0.2) is 9.37 Å². The van der Waals surface area contributed by atoms with E-state index in [9.17, 15) is 18.8 Å². The van der Waals surface area contributed by atoms with E-state index in [1.54, 1.807) is 28.8 Å². The quantitative estimate of drug-likeness (QED) is 0.335. The van der Waals surface area contributed by atoms with Crippen LogP contribution in [0.3, 0.4) is 0 Å². The van der Waals surface area contributed by atoms with E-state index in [2.05, 4.69) is 15.8 Å². The van der Waals surface area contributed by atoms with Gasteiger partial charge in [0.1, 0.15) is 5.82 Å². The summed E-state index contributed by atoms with van der Waals surface area (Å²) >= 11 is 1.10. The SMILES string of the molecule is O=C(CSc1nc2ccccc2c(=O)n1CC1CCCO1)NNC(=O)c1ccc(F)cc1. The molecule has 1 aliphatic rings. The predicted octanol–water partition coefficient (Wildman–Crippen LogP) is 2.27. The zero-order valence-electron chi connectivity index (χ0n) is 17.0. The molecule has 1 saturated heterocycles. The number of carbonyl (C=O) groups excluding carboxylic acids is 2. The Labute approximate surface area is 187 Å². The second-order valence-corrected chi connectivity index (χ2v) is 8.20. The lowest BCUT2D eigenvalue weighted by atomic mass is 10.2. The van der Waals surface area contributed by atoms with Crippen LogP contribution >= 0.6 is 11.8 Å². The summed E-state index contributed by atoms with van der Waals surface area (Å²) in [4.78, 5) is 41.9. The number of amides is 2. The Kier molecular flexibility index (Phi) is 6.81. The van der Waals surface area contributed by atoms with Crippen molar-refractivity contribution in [1.29, 1.82) is 0 Å². The topological polar surface area (TPSA) is 102 Å². The smallest absolute Gasteiger partial charge is 0.269 e. The molecular formula is C22H21FN4O4S. The van der Waals surface area contributed by atoms with Crippen molar-refractivity contribution in [3.8, 4) is 0 Å². The van der Waals surface area contributed by atoms with Crippen molar-refractivity contribution in [3.63, 3.8) is 0 Å². The molecule has 32 heavy (non-hydrogen) atoms. The van der Waals surface area contributed by atoms with E-state index in [0.29, 0.717) is 29.2 Å². The van der Waals surface area contributed by atoms with Gasteiger partial charge in [0.05, 0.1) is 29.3 Å². The highest BCUT2D eigenvalue weighted by molar-refractivity contribution is 7.99. The third-order valence-electron chi connectivity index (χ3n) is 4.99. The number of nitrogens with zero attached hydrogens (tertiary/aromatic N) is 2. The van der Waals surface area contributed by atoms with Crippen LogP contribution in [-0.4, -0.2) is 39.8 Å². The van der Waals surface area contributed by atoms with E-state index in [1.165, 1.54) is 12.1 Å². The maximum absolute atomic E-state index is 13.0. The summed E-state index contributed by atoms with van der Waals surface area (Å²) in [6.07, 6.45) is 1.73. The van der Waals surface area contributed by atoms with E-state index < -0.39 is 17.6 Å². The minimum absolute atomic E-state index is 0.0694. The number of fused-ring (bicyclic) bond motifs is 1. The van der Waals surface area contributed by atoms with Gasteiger partial charge in [-0.3, -0.25) is 29.8 Å². The zero-order chi connectivity index (χ0) is 22.5. The molecule has 3 aromatic rings. The first-order valence-electron chi connectivity index (χ1n) is 10.1. The first-order chi connectivity index (χ1) is 15.5. The molecule has 166 valence electrons. The molecule has 1 aromatic heterocycles. The highest BCUT2D eigenvalue weighted by Gasteiger charge is 2.20. The number of halogens is 1. The monoisotopic (exact) mass is 456 g/mol. The summed E-state index contributed by atoms with van der Waals surface area (Å²) in [5.41, 5.74) is 5.18. The molecule has 1 unspecified atom stereocenters. The number of hydrazine groups is 1. The van der Waals surface area contributed by atoms with E-state index in [0.717, 1.165) is 36.7 Å². The van der Waals surface area contributed by atoms with Gasteiger partial charge in [0.2, 0.25) is 5.91 Å². The molecule has 2 heterocycles. The number of ether oxygens (including phenoxy) is 1. The maximum atomic E-state index is 13.0. The normalized spacial score (nSPS) is 15.6. The van der Waals surface area contributed by atoms with Crippen molar-refractivity contribution in [3.05, 3.63) is 70.3 Å². The number of benzene rings is 2. The van der Waals surface area contributed by atoms with Crippen molar-refractivity contribution in [2.75, 3.05) is 12.4 Å². The molecule has 2 N–H and O–H groups in total. The third kappa shape index (κ3) is 5.14. The fourth-order valence-electron chi connectivity index (χ4n) is 3.38. The first-order valence-corrected chi connectivity index (χ1v) is 11.1. The predicted molar refractivity (Wildman–Crippen MR) is 118 cm³/mol. The van der Waals surface area contributed by atoms with Crippen molar-refractivity contribution < 1.29 is 18.7 Å². The Hall–Kier alpha value is -3.24. The Balaban J connectivity index is 1.44. The fourth-order valence-corrected chi connectivity index (χ4v) is 4.19. The van der Waals surface area contributed by atoms with Crippen LogP contribution in [-0.2, 0) is 16.1 Å². The van der Waals surface area contributed by atoms with Crippen LogP contribution in [0.1, 0.15) is 23.2 Å². The number of nitrogens with one attached hydrogen (secondary N) is 2. The number of carbonyl (C=O) groups is 2. The molecule has 1 fully saturated rings. The van der Waals surface area contributed by atoms with Crippen molar-refractivity contribution >= 4 is 34.5 Å². The largest absolute Gasteiger partial charge is 0.376 e. The number of hydrogen-bond acceptors (Lipinski definition) is 6. The number of hydrogen-bond donors (Lipinski definition) is 2. The van der Waals surface area contributed by atoms with Gasteiger partial charge in [-0.2, -0.15) is 0 Å². The molecule has 0 saturated carbocycles. The summed E-state index contributed by atoms with van der Waals surface area (Å²) in [5.74, 6) is -1.57. The Morgan fingerprint density at radius 1 is 1.16 bits per heavy atom. The van der Waals surface area contributed by atoms with Gasteiger partial charge in [0, 0.05) is 12.2 Å². The summed E-state index contributed by atoms with van der Waals surface area (Å²) in [7, 11) is 0. The van der Waals surface area contributed by atoms with Crippen LogP contribution in [0.25, 0.3) is 10.9 Å². The highest BCUT2D eigenvalue weighted by atomic mass is 32.2. The Bertz CT molecular complexity index is 1190. The molecular weight excluding hydrogens is 435 g/mol. The Morgan fingerprint density at radius 3 is 2.69 bits per heavy atom. The van der Waals surface area contributed by atoms with E-state index >= 15 is 0 Å². The lowest BCUT2D eigenvalue weighted by Crippen LogP contribution is -2.42. The highest BCUT2D eigenvalue weighted by Crippen LogP contribution is 2.20. The van der Waals surface area contributed by atoms with Gasteiger partial charge in [0.15, 0.2) is 5.16 Å². The average molecular weight is 456 g/mol. The molecule has 4 rings (SSSR count). The van der Waals surface area contributed by atoms with E-state index in [4.69, 9.17) is 4.74 Å². The molecule has 1 aliphatic heterocycles. The molecule has 10 heteroatoms. The maximum Gasteiger partial charge on any atom is 0.269 e. The number of para-hydroxylation sites is 1. The summed E-state index contributed by atoms with van der Waals surface area (Å²) in [6.45, 7) is 1.03. The molecule has 0 aliphatic carbocycles. The number of rotatable bonds is 6. The minimum atomic E-state index is -0.567. The summed E-state index contributed by atoms with van der Waals surface area (Å²) in [5, 5.41) is 0.912. The molecule has 0 radical (unpaired) electrons. The second kappa shape index (κ2) is 9.92. The van der Waals surface area contributed by atoms with Gasteiger partial charge in [-0.1, -0.05) is 23.9 Å². The molecule has 0 spiro atoms. The van der Waals surface area contributed by atoms with Gasteiger partial charge < -0.3 is 4.74 Å². The van der Waals surface area contributed by atoms with Gasteiger partial charge in [-0.15, -0.1) is 0 Å². The summed E-state index contributed by atoms with van der Waals surface area (Å²) in [6, 6.07) is 12.0. The van der Waals surface area contributed by atoms with Crippen LogP contribution in [0.4, 0.5) is 4.39 Å². The van der Waals surface area contributed by atoms with Gasteiger partial charge >= 0.3 is 0 Å². The zero-order valence-corrected chi connectivity index (χ0v) is 17.9.